The summed E-state index contributed by atoms with van der Waals surface area (Å²) in [5.41, 5.74) is 4.99. The Kier molecular flexibility index (Phi) is 4.98. The average molecular weight is 383 g/mol. The maximum atomic E-state index is 12.4. The summed E-state index contributed by atoms with van der Waals surface area (Å²) in [6.07, 6.45) is 4.09. The molecule has 2 aliphatic rings. The molecule has 28 heavy (non-hydrogen) atoms. The summed E-state index contributed by atoms with van der Waals surface area (Å²) in [5, 5.41) is 4.11. The number of amides is 1. The zero-order chi connectivity index (χ0) is 20.0. The summed E-state index contributed by atoms with van der Waals surface area (Å²) in [4.78, 5) is 24.2. The van der Waals surface area contributed by atoms with E-state index in [-0.39, 0.29) is 5.92 Å². The Labute approximate surface area is 166 Å². The molecule has 1 unspecified atom stereocenters. The molecule has 0 aromatic carbocycles. The summed E-state index contributed by atoms with van der Waals surface area (Å²) in [5.74, 6) is 3.03. The third-order valence-electron chi connectivity index (χ3n) is 6.06. The zero-order valence-electron chi connectivity index (χ0n) is 17.6. The summed E-state index contributed by atoms with van der Waals surface area (Å²) in [6.45, 7) is 12.0. The maximum absolute atomic E-state index is 12.4. The molecule has 1 saturated carbocycles. The SMILES string of the molecule is Cc1noc(C)c1-c1nc(C(C)C)nc(CC2CCN(C(=O)C3CC3)C2)c1C. The Hall–Kier alpha value is -2.24. The van der Waals surface area contributed by atoms with Crippen molar-refractivity contribution in [1.29, 1.82) is 0 Å². The van der Waals surface area contributed by atoms with Crippen molar-refractivity contribution in [3.63, 3.8) is 0 Å². The van der Waals surface area contributed by atoms with Gasteiger partial charge < -0.3 is 9.42 Å². The highest BCUT2D eigenvalue weighted by Crippen LogP contribution is 2.35. The Bertz CT molecular complexity index is 879. The summed E-state index contributed by atoms with van der Waals surface area (Å²) in [7, 11) is 0. The van der Waals surface area contributed by atoms with Crippen molar-refractivity contribution >= 4 is 5.91 Å². The molecule has 2 fully saturated rings. The first kappa shape index (κ1) is 19.1. The largest absolute Gasteiger partial charge is 0.361 e. The van der Waals surface area contributed by atoms with Crippen molar-refractivity contribution in [1.82, 2.24) is 20.0 Å². The van der Waals surface area contributed by atoms with Crippen LogP contribution in [0.15, 0.2) is 4.52 Å². The monoisotopic (exact) mass is 382 g/mol. The minimum absolute atomic E-state index is 0.245. The molecule has 1 amide bonds. The minimum Gasteiger partial charge on any atom is -0.361 e. The lowest BCUT2D eigenvalue weighted by Crippen LogP contribution is -2.30. The van der Waals surface area contributed by atoms with E-state index < -0.39 is 0 Å². The van der Waals surface area contributed by atoms with Crippen LogP contribution in [0, 0.1) is 32.6 Å². The van der Waals surface area contributed by atoms with E-state index in [0.717, 1.165) is 78.6 Å². The van der Waals surface area contributed by atoms with Crippen LogP contribution in [0.25, 0.3) is 11.3 Å². The fraction of sp³-hybridized carbons (Fsp3) is 0.636. The molecule has 1 atom stereocenters. The Balaban J connectivity index is 1.62. The third kappa shape index (κ3) is 3.56. The van der Waals surface area contributed by atoms with Gasteiger partial charge in [0.2, 0.25) is 5.91 Å². The minimum atomic E-state index is 0.245. The number of nitrogens with zero attached hydrogens (tertiary/aromatic N) is 4. The van der Waals surface area contributed by atoms with Crippen LogP contribution >= 0.6 is 0 Å². The highest BCUT2D eigenvalue weighted by atomic mass is 16.5. The average Bonchev–Trinajstić information content (AvgIpc) is 3.32. The first-order valence-electron chi connectivity index (χ1n) is 10.4. The van der Waals surface area contributed by atoms with Crippen LogP contribution in [0.3, 0.4) is 0 Å². The van der Waals surface area contributed by atoms with Gasteiger partial charge in [-0.3, -0.25) is 4.79 Å². The summed E-state index contributed by atoms with van der Waals surface area (Å²) < 4.78 is 5.39. The van der Waals surface area contributed by atoms with Crippen molar-refractivity contribution in [3.05, 3.63) is 28.5 Å². The van der Waals surface area contributed by atoms with Gasteiger partial charge in [0.05, 0.1) is 17.0 Å². The molecule has 1 aliphatic heterocycles. The first-order valence-corrected chi connectivity index (χ1v) is 10.4. The van der Waals surface area contributed by atoms with E-state index in [0.29, 0.717) is 17.7 Å². The van der Waals surface area contributed by atoms with Crippen molar-refractivity contribution in [2.24, 2.45) is 11.8 Å². The fourth-order valence-corrected chi connectivity index (χ4v) is 4.16. The summed E-state index contributed by atoms with van der Waals surface area (Å²) in [6, 6.07) is 0. The first-order chi connectivity index (χ1) is 13.3. The summed E-state index contributed by atoms with van der Waals surface area (Å²) >= 11 is 0. The van der Waals surface area contributed by atoms with Gasteiger partial charge in [-0.05, 0) is 57.9 Å². The van der Waals surface area contributed by atoms with Gasteiger partial charge in [0.25, 0.3) is 0 Å². The van der Waals surface area contributed by atoms with Gasteiger partial charge in [-0.2, -0.15) is 0 Å². The van der Waals surface area contributed by atoms with Gasteiger partial charge in [-0.1, -0.05) is 19.0 Å². The van der Waals surface area contributed by atoms with Crippen LogP contribution in [-0.2, 0) is 11.2 Å². The van der Waals surface area contributed by atoms with E-state index in [9.17, 15) is 4.79 Å². The van der Waals surface area contributed by atoms with Crippen molar-refractivity contribution in [3.8, 4) is 11.3 Å². The van der Waals surface area contributed by atoms with E-state index in [1.807, 2.05) is 13.8 Å². The molecule has 2 aromatic rings. The molecule has 6 heteroatoms. The van der Waals surface area contributed by atoms with E-state index in [4.69, 9.17) is 14.5 Å². The van der Waals surface area contributed by atoms with Crippen molar-refractivity contribution < 1.29 is 9.32 Å². The predicted molar refractivity (Wildman–Crippen MR) is 107 cm³/mol. The van der Waals surface area contributed by atoms with Gasteiger partial charge in [0, 0.05) is 30.6 Å². The molecular weight excluding hydrogens is 352 g/mol. The molecule has 2 aromatic heterocycles. The molecule has 0 bridgehead atoms. The number of hydrogen-bond acceptors (Lipinski definition) is 5. The highest BCUT2D eigenvalue weighted by molar-refractivity contribution is 5.81. The lowest BCUT2D eigenvalue weighted by Gasteiger charge is -2.18. The number of hydrogen-bond donors (Lipinski definition) is 0. The number of likely N-dealkylation sites (tertiary alicyclic amines) is 1. The van der Waals surface area contributed by atoms with E-state index >= 15 is 0 Å². The number of aryl methyl sites for hydroxylation is 2. The van der Waals surface area contributed by atoms with Crippen LogP contribution in [0.1, 0.15) is 67.6 Å². The number of carbonyl (C=O) groups is 1. The van der Waals surface area contributed by atoms with Crippen molar-refractivity contribution in [2.45, 2.75) is 66.2 Å². The lowest BCUT2D eigenvalue weighted by atomic mass is 9.96. The van der Waals surface area contributed by atoms with Gasteiger partial charge in [0.1, 0.15) is 11.6 Å². The normalized spacial score (nSPS) is 19.6. The second-order valence-corrected chi connectivity index (χ2v) is 8.77. The Morgan fingerprint density at radius 3 is 2.54 bits per heavy atom. The zero-order valence-corrected chi connectivity index (χ0v) is 17.6. The second kappa shape index (κ2) is 7.30. The highest BCUT2D eigenvalue weighted by Gasteiger charge is 2.36. The predicted octanol–water partition coefficient (Wildman–Crippen LogP) is 3.98. The molecular formula is C22H30N4O2. The van der Waals surface area contributed by atoms with Gasteiger partial charge in [-0.15, -0.1) is 0 Å². The van der Waals surface area contributed by atoms with Gasteiger partial charge >= 0.3 is 0 Å². The van der Waals surface area contributed by atoms with E-state index in [1.54, 1.807) is 0 Å². The molecule has 0 spiro atoms. The second-order valence-electron chi connectivity index (χ2n) is 8.77. The number of carbonyl (C=O) groups excluding carboxylic acids is 1. The molecule has 150 valence electrons. The number of aromatic nitrogens is 3. The smallest absolute Gasteiger partial charge is 0.225 e. The van der Waals surface area contributed by atoms with Crippen LogP contribution in [0.4, 0.5) is 0 Å². The molecule has 6 nitrogen and oxygen atoms in total. The molecule has 0 radical (unpaired) electrons. The molecule has 1 aliphatic carbocycles. The van der Waals surface area contributed by atoms with Crippen molar-refractivity contribution in [2.75, 3.05) is 13.1 Å². The van der Waals surface area contributed by atoms with Crippen LogP contribution < -0.4 is 0 Å². The topological polar surface area (TPSA) is 72.1 Å². The molecule has 4 rings (SSSR count). The van der Waals surface area contributed by atoms with Gasteiger partial charge in [0.15, 0.2) is 0 Å². The molecule has 3 heterocycles. The Morgan fingerprint density at radius 2 is 1.93 bits per heavy atom. The van der Waals surface area contributed by atoms with E-state index in [1.165, 1.54) is 0 Å². The fourth-order valence-electron chi connectivity index (χ4n) is 4.16. The van der Waals surface area contributed by atoms with Gasteiger partial charge in [-0.25, -0.2) is 9.97 Å². The third-order valence-corrected chi connectivity index (χ3v) is 6.06. The Morgan fingerprint density at radius 1 is 1.18 bits per heavy atom. The quantitative estimate of drug-likeness (QED) is 0.782. The van der Waals surface area contributed by atoms with Crippen LogP contribution in [-0.4, -0.2) is 39.0 Å². The molecule has 0 N–H and O–H groups in total. The standard InChI is InChI=1S/C22H30N4O2/c1-12(2)21-23-18(10-16-8-9-26(11-16)22(27)17-6-7-17)13(3)20(24-21)19-14(4)25-28-15(19)5/h12,16-17H,6-11H2,1-5H3. The van der Waals surface area contributed by atoms with E-state index in [2.05, 4.69) is 30.8 Å². The molecule has 1 saturated heterocycles. The van der Waals surface area contributed by atoms with Crippen LogP contribution in [0.5, 0.6) is 0 Å². The lowest BCUT2D eigenvalue weighted by molar-refractivity contribution is -0.131. The number of rotatable bonds is 5. The maximum Gasteiger partial charge on any atom is 0.225 e. The van der Waals surface area contributed by atoms with Crippen LogP contribution in [0.2, 0.25) is 0 Å².